The summed E-state index contributed by atoms with van der Waals surface area (Å²) < 4.78 is 20.6. The number of aromatic hydroxyl groups is 1. The molecular weight excluding hydrogens is 697 g/mol. The summed E-state index contributed by atoms with van der Waals surface area (Å²) in [6.07, 6.45) is 0.710. The standard InChI is InChI=1S/C33H25BrFN3O6S2/c34-14-1-10-22(44-13-23(40)36-16-4-8-18(39)9-5-16)19(11-14)24-25-20-12-21(28(25)45-30-29(24)46-33(43)37-30)27-26(20)31(41)38(32(27)42)17-6-2-15(35)3-7-17/h1-11,20-21,24-28,39H,12-13H2,(H,36,40)(H,37,43)/t20-,21-,24+,25-,26+,27+,28-/m1/s1. The maximum absolute atomic E-state index is 14.0. The third-order valence-corrected chi connectivity index (χ3v) is 12.7. The minimum atomic E-state index is -0.517. The molecule has 2 saturated carbocycles. The molecule has 3 amide bonds. The van der Waals surface area contributed by atoms with Crippen molar-refractivity contribution in [2.45, 2.75) is 22.6 Å². The van der Waals surface area contributed by atoms with E-state index in [0.29, 0.717) is 23.5 Å². The summed E-state index contributed by atoms with van der Waals surface area (Å²) >= 11 is 6.31. The highest BCUT2D eigenvalue weighted by atomic mass is 79.9. The van der Waals surface area contributed by atoms with Crippen LogP contribution in [-0.2, 0) is 14.4 Å². The number of nitrogens with one attached hydrogen (secondary N) is 2. The number of benzene rings is 3. The lowest BCUT2D eigenvalue weighted by Crippen LogP contribution is -2.42. The molecule has 9 nitrogen and oxygen atoms in total. The number of phenolic OH excluding ortho intramolecular Hbond substituents is 1. The zero-order valence-corrected chi connectivity index (χ0v) is 27.0. The largest absolute Gasteiger partial charge is 0.508 e. The van der Waals surface area contributed by atoms with Crippen LogP contribution in [0.4, 0.5) is 15.8 Å². The molecule has 3 N–H and O–H groups in total. The summed E-state index contributed by atoms with van der Waals surface area (Å²) in [5, 5.41) is 13.0. The average molecular weight is 723 g/mol. The van der Waals surface area contributed by atoms with Gasteiger partial charge >= 0.3 is 4.87 Å². The number of thioether (sulfide) groups is 1. The van der Waals surface area contributed by atoms with Crippen LogP contribution in [0.3, 0.4) is 0 Å². The normalized spacial score (nSPS) is 27.3. The van der Waals surface area contributed by atoms with Gasteiger partial charge in [-0.1, -0.05) is 27.3 Å². The highest BCUT2D eigenvalue weighted by Gasteiger charge is 2.69. The molecule has 2 aliphatic heterocycles. The molecule has 3 aromatic carbocycles. The highest BCUT2D eigenvalue weighted by molar-refractivity contribution is 9.10. The number of halogens is 2. The maximum Gasteiger partial charge on any atom is 0.305 e. The fourth-order valence-corrected chi connectivity index (χ4v) is 11.2. The first-order valence-electron chi connectivity index (χ1n) is 14.7. The van der Waals surface area contributed by atoms with Crippen LogP contribution in [0.15, 0.2) is 81.0 Å². The number of ether oxygens (including phenoxy) is 1. The van der Waals surface area contributed by atoms with E-state index < -0.39 is 17.7 Å². The summed E-state index contributed by atoms with van der Waals surface area (Å²) in [4.78, 5) is 58.2. The predicted molar refractivity (Wildman–Crippen MR) is 174 cm³/mol. The van der Waals surface area contributed by atoms with Crippen LogP contribution in [0.2, 0.25) is 0 Å². The number of aromatic nitrogens is 1. The predicted octanol–water partition coefficient (Wildman–Crippen LogP) is 5.74. The summed E-state index contributed by atoms with van der Waals surface area (Å²) in [6.45, 7) is -0.280. The van der Waals surface area contributed by atoms with E-state index in [9.17, 15) is 28.7 Å². The molecule has 13 heteroatoms. The minimum absolute atomic E-state index is 0.0384. The smallest absolute Gasteiger partial charge is 0.305 e. The van der Waals surface area contributed by atoms with E-state index in [4.69, 9.17) is 4.74 Å². The van der Waals surface area contributed by atoms with Crippen molar-refractivity contribution in [1.29, 1.82) is 0 Å². The zero-order valence-electron chi connectivity index (χ0n) is 23.8. The Morgan fingerprint density at radius 2 is 1.74 bits per heavy atom. The van der Waals surface area contributed by atoms with Crippen LogP contribution in [0.25, 0.3) is 0 Å². The molecule has 3 fully saturated rings. The number of carbonyl (C=O) groups excluding carboxylic acids is 3. The van der Waals surface area contributed by atoms with Gasteiger partial charge in [-0.3, -0.25) is 24.1 Å². The number of aromatic amines is 1. The Morgan fingerprint density at radius 3 is 2.48 bits per heavy atom. The molecule has 2 bridgehead atoms. The van der Waals surface area contributed by atoms with Gasteiger partial charge in [0, 0.05) is 31.8 Å². The van der Waals surface area contributed by atoms with Crippen LogP contribution >= 0.6 is 39.0 Å². The second kappa shape index (κ2) is 11.1. The molecule has 46 heavy (non-hydrogen) atoms. The van der Waals surface area contributed by atoms with E-state index in [1.165, 1.54) is 41.3 Å². The highest BCUT2D eigenvalue weighted by Crippen LogP contribution is 2.69. The lowest BCUT2D eigenvalue weighted by Gasteiger charge is -2.43. The molecule has 0 spiro atoms. The lowest BCUT2D eigenvalue weighted by molar-refractivity contribution is -0.123. The van der Waals surface area contributed by atoms with Gasteiger partial charge in [-0.2, -0.15) is 0 Å². The number of amides is 3. The molecule has 1 aromatic heterocycles. The van der Waals surface area contributed by atoms with E-state index in [0.717, 1.165) is 31.3 Å². The van der Waals surface area contributed by atoms with Gasteiger partial charge in [0.1, 0.15) is 17.3 Å². The number of nitrogens with zero attached hydrogens (tertiary/aromatic N) is 1. The number of imide groups is 1. The number of carbonyl (C=O) groups is 3. The van der Waals surface area contributed by atoms with Crippen molar-refractivity contribution in [2.75, 3.05) is 16.8 Å². The molecule has 1 saturated heterocycles. The molecular formula is C33H25BrFN3O6S2. The van der Waals surface area contributed by atoms with E-state index in [1.54, 1.807) is 30.0 Å². The molecule has 8 rings (SSSR count). The number of fused-ring (bicyclic) bond motifs is 9. The first-order chi connectivity index (χ1) is 22.2. The Balaban J connectivity index is 1.14. The van der Waals surface area contributed by atoms with Crippen LogP contribution < -0.4 is 19.8 Å². The van der Waals surface area contributed by atoms with Gasteiger partial charge in [-0.05, 0) is 90.9 Å². The van der Waals surface area contributed by atoms with Crippen molar-refractivity contribution >= 4 is 68.1 Å². The Hall–Kier alpha value is -3.94. The summed E-state index contributed by atoms with van der Waals surface area (Å²) in [5.74, 6) is -2.40. The van der Waals surface area contributed by atoms with E-state index >= 15 is 0 Å². The van der Waals surface area contributed by atoms with Gasteiger partial charge in [-0.15, -0.1) is 11.8 Å². The fourth-order valence-electron chi connectivity index (χ4n) is 7.99. The SMILES string of the molecule is O=C(COc1ccc(Br)cc1[C@@H]1c2sc(=O)[nH]c2S[C@@H]2[C@@H]3C[C@@H]([C@@H]4C(=O)N(c5ccc(F)cc5)C(=O)[C@@H]34)[C@H]12)Nc1ccc(O)cc1. The van der Waals surface area contributed by atoms with Crippen molar-refractivity contribution < 1.29 is 28.6 Å². The van der Waals surface area contributed by atoms with Crippen molar-refractivity contribution in [3.8, 4) is 11.5 Å². The number of hydrogen-bond acceptors (Lipinski definition) is 8. The first-order valence-corrected chi connectivity index (χ1v) is 17.2. The van der Waals surface area contributed by atoms with Crippen molar-refractivity contribution in [3.63, 3.8) is 0 Å². The van der Waals surface area contributed by atoms with Crippen LogP contribution in [-0.4, -0.2) is 39.7 Å². The van der Waals surface area contributed by atoms with E-state index in [2.05, 4.69) is 26.2 Å². The molecule has 4 aromatic rings. The third kappa shape index (κ3) is 4.70. The van der Waals surface area contributed by atoms with Gasteiger partial charge in [0.15, 0.2) is 6.61 Å². The number of rotatable bonds is 6. The van der Waals surface area contributed by atoms with Gasteiger partial charge in [0.2, 0.25) is 11.8 Å². The fraction of sp³-hybridized carbons (Fsp3) is 0.273. The lowest BCUT2D eigenvalue weighted by atomic mass is 9.68. The average Bonchev–Trinajstić information content (AvgIpc) is 3.77. The van der Waals surface area contributed by atoms with Crippen LogP contribution in [0.5, 0.6) is 11.5 Å². The van der Waals surface area contributed by atoms with E-state index in [-0.39, 0.29) is 63.9 Å². The second-order valence-electron chi connectivity index (χ2n) is 12.0. The van der Waals surface area contributed by atoms with Gasteiger partial charge < -0.3 is 20.1 Å². The molecule has 0 radical (unpaired) electrons. The maximum atomic E-state index is 14.0. The van der Waals surface area contributed by atoms with Gasteiger partial charge in [0.25, 0.3) is 5.91 Å². The van der Waals surface area contributed by atoms with Crippen LogP contribution in [0, 0.1) is 35.4 Å². The Bertz CT molecular complexity index is 1970. The summed E-state index contributed by atoms with van der Waals surface area (Å²) in [5.41, 5.74) is 1.67. The monoisotopic (exact) mass is 721 g/mol. The zero-order chi connectivity index (χ0) is 31.9. The Kier molecular flexibility index (Phi) is 7.11. The van der Waals surface area contributed by atoms with Gasteiger partial charge in [-0.25, -0.2) is 4.39 Å². The number of phenols is 1. The molecule has 0 unspecified atom stereocenters. The number of anilines is 2. The molecule has 2 aliphatic carbocycles. The molecule has 4 aliphatic rings. The van der Waals surface area contributed by atoms with E-state index in [1.807, 2.05) is 12.1 Å². The van der Waals surface area contributed by atoms with Crippen molar-refractivity contribution in [1.82, 2.24) is 4.98 Å². The summed E-state index contributed by atoms with van der Waals surface area (Å²) in [6, 6.07) is 17.1. The first kappa shape index (κ1) is 29.5. The summed E-state index contributed by atoms with van der Waals surface area (Å²) in [7, 11) is 0. The van der Waals surface area contributed by atoms with Crippen LogP contribution in [0.1, 0.15) is 22.8 Å². The number of hydrogen-bond donors (Lipinski definition) is 3. The molecule has 7 atom stereocenters. The number of H-pyrrole nitrogens is 1. The number of thiazole rings is 1. The topological polar surface area (TPSA) is 129 Å². The van der Waals surface area contributed by atoms with Gasteiger partial charge in [0.05, 0.1) is 22.5 Å². The Morgan fingerprint density at radius 1 is 1.02 bits per heavy atom. The van der Waals surface area contributed by atoms with Crippen molar-refractivity contribution in [2.24, 2.45) is 29.6 Å². The Labute approximate surface area is 278 Å². The minimum Gasteiger partial charge on any atom is -0.508 e. The second-order valence-corrected chi connectivity index (χ2v) is 15.1. The quantitative estimate of drug-likeness (QED) is 0.171. The molecule has 234 valence electrons. The third-order valence-electron chi connectivity index (χ3n) is 9.63. The van der Waals surface area contributed by atoms with Crippen molar-refractivity contribution in [3.05, 3.63) is 97.1 Å². The molecule has 3 heterocycles.